The minimum absolute atomic E-state index is 0.00360. The zero-order valence-electron chi connectivity index (χ0n) is 11.5. The topological polar surface area (TPSA) is 38.7 Å². The van der Waals surface area contributed by atoms with E-state index in [0.717, 1.165) is 11.5 Å². The lowest BCUT2D eigenvalue weighted by molar-refractivity contribution is 0.569. The molecule has 2 rings (SSSR count). The molecule has 0 amide bonds. The minimum Gasteiger partial charge on any atom is -0.258 e. The molecule has 0 aliphatic carbocycles. The molecule has 0 bridgehead atoms. The van der Waals surface area contributed by atoms with E-state index >= 15 is 0 Å². The van der Waals surface area contributed by atoms with Crippen LogP contribution in [0, 0.1) is 5.82 Å². The van der Waals surface area contributed by atoms with E-state index < -0.39 is 0 Å². The van der Waals surface area contributed by atoms with E-state index in [4.69, 9.17) is 0 Å². The van der Waals surface area contributed by atoms with Crippen molar-refractivity contribution in [2.45, 2.75) is 39.0 Å². The minimum atomic E-state index is -0.256. The summed E-state index contributed by atoms with van der Waals surface area (Å²) in [6, 6.07) is 4.93. The summed E-state index contributed by atoms with van der Waals surface area (Å²) in [6.07, 6.45) is 4.05. The molecule has 0 radical (unpaired) electrons. The second-order valence-corrected chi connectivity index (χ2v) is 5.04. The molecule has 100 valence electrons. The highest BCUT2D eigenvalue weighted by atomic mass is 19.1. The predicted molar refractivity (Wildman–Crippen MR) is 72.4 cm³/mol. The van der Waals surface area contributed by atoms with Crippen LogP contribution in [0.25, 0.3) is 0 Å². The molecule has 0 aromatic carbocycles. The van der Waals surface area contributed by atoms with Crippen LogP contribution in [0.2, 0.25) is 0 Å². The third-order valence-electron chi connectivity index (χ3n) is 3.02. The SMILES string of the molecule is CC(C)c1nccc(CC(C)c2ncccc2F)n1. The van der Waals surface area contributed by atoms with Gasteiger partial charge in [-0.05, 0) is 24.6 Å². The Morgan fingerprint density at radius 1 is 1.11 bits per heavy atom. The van der Waals surface area contributed by atoms with Crippen LogP contribution in [0.1, 0.15) is 49.8 Å². The monoisotopic (exact) mass is 259 g/mol. The van der Waals surface area contributed by atoms with Gasteiger partial charge in [0.25, 0.3) is 0 Å². The first-order valence-corrected chi connectivity index (χ1v) is 6.50. The lowest BCUT2D eigenvalue weighted by Gasteiger charge is -2.12. The zero-order valence-corrected chi connectivity index (χ0v) is 11.5. The number of rotatable bonds is 4. The van der Waals surface area contributed by atoms with Crippen molar-refractivity contribution in [3.63, 3.8) is 0 Å². The molecular formula is C15H18FN3. The quantitative estimate of drug-likeness (QED) is 0.843. The summed E-state index contributed by atoms with van der Waals surface area (Å²) >= 11 is 0. The molecule has 4 heteroatoms. The highest BCUT2D eigenvalue weighted by molar-refractivity contribution is 5.15. The molecule has 2 aromatic rings. The molecule has 0 aliphatic rings. The number of halogens is 1. The lowest BCUT2D eigenvalue weighted by Crippen LogP contribution is -2.07. The van der Waals surface area contributed by atoms with Gasteiger partial charge in [0, 0.05) is 29.9 Å². The van der Waals surface area contributed by atoms with Crippen molar-refractivity contribution in [2.75, 3.05) is 0 Å². The van der Waals surface area contributed by atoms with Gasteiger partial charge in [-0.2, -0.15) is 0 Å². The van der Waals surface area contributed by atoms with Gasteiger partial charge in [0.2, 0.25) is 0 Å². The molecule has 1 atom stereocenters. The number of nitrogens with zero attached hydrogens (tertiary/aromatic N) is 3. The predicted octanol–water partition coefficient (Wildman–Crippen LogP) is 3.48. The maximum Gasteiger partial charge on any atom is 0.144 e. The molecule has 0 saturated carbocycles. The van der Waals surface area contributed by atoms with E-state index in [1.165, 1.54) is 6.07 Å². The van der Waals surface area contributed by atoms with Crippen LogP contribution < -0.4 is 0 Å². The van der Waals surface area contributed by atoms with Crippen LogP contribution in [-0.4, -0.2) is 15.0 Å². The molecule has 0 N–H and O–H groups in total. The first kappa shape index (κ1) is 13.6. The van der Waals surface area contributed by atoms with Gasteiger partial charge in [-0.3, -0.25) is 4.98 Å². The number of aromatic nitrogens is 3. The Bertz CT molecular complexity index is 555. The number of hydrogen-bond donors (Lipinski definition) is 0. The summed E-state index contributed by atoms with van der Waals surface area (Å²) in [5.41, 5.74) is 1.42. The van der Waals surface area contributed by atoms with Crippen molar-refractivity contribution in [3.05, 3.63) is 53.6 Å². The third-order valence-corrected chi connectivity index (χ3v) is 3.02. The van der Waals surface area contributed by atoms with E-state index in [0.29, 0.717) is 18.0 Å². The molecule has 0 fully saturated rings. The van der Waals surface area contributed by atoms with Gasteiger partial charge in [0.1, 0.15) is 11.6 Å². The second kappa shape index (κ2) is 5.87. The summed E-state index contributed by atoms with van der Waals surface area (Å²) in [5, 5.41) is 0. The first-order chi connectivity index (χ1) is 9.08. The Hall–Kier alpha value is -1.84. The summed E-state index contributed by atoms with van der Waals surface area (Å²) in [4.78, 5) is 12.9. The number of hydrogen-bond acceptors (Lipinski definition) is 3. The fraction of sp³-hybridized carbons (Fsp3) is 0.400. The van der Waals surface area contributed by atoms with Crippen molar-refractivity contribution in [2.24, 2.45) is 0 Å². The van der Waals surface area contributed by atoms with Crippen LogP contribution >= 0.6 is 0 Å². The Balaban J connectivity index is 2.17. The van der Waals surface area contributed by atoms with Gasteiger partial charge < -0.3 is 0 Å². The largest absolute Gasteiger partial charge is 0.258 e. The summed E-state index contributed by atoms with van der Waals surface area (Å²) in [5.74, 6) is 0.859. The van der Waals surface area contributed by atoms with Crippen molar-refractivity contribution in [1.82, 2.24) is 15.0 Å². The van der Waals surface area contributed by atoms with Crippen LogP contribution in [0.15, 0.2) is 30.6 Å². The molecule has 2 aromatic heterocycles. The second-order valence-electron chi connectivity index (χ2n) is 5.04. The van der Waals surface area contributed by atoms with Gasteiger partial charge >= 0.3 is 0 Å². The van der Waals surface area contributed by atoms with Crippen molar-refractivity contribution in [1.29, 1.82) is 0 Å². The normalized spacial score (nSPS) is 12.7. The Morgan fingerprint density at radius 2 is 1.89 bits per heavy atom. The summed E-state index contributed by atoms with van der Waals surface area (Å²) < 4.78 is 13.7. The maximum atomic E-state index is 13.7. The van der Waals surface area contributed by atoms with E-state index in [1.807, 2.05) is 13.0 Å². The average molecular weight is 259 g/mol. The lowest BCUT2D eigenvalue weighted by atomic mass is 10.0. The standard InChI is InChI=1S/C15H18FN3/c1-10(2)15-18-8-6-12(19-15)9-11(3)14-13(16)5-4-7-17-14/h4-8,10-11H,9H2,1-3H3. The van der Waals surface area contributed by atoms with E-state index in [9.17, 15) is 4.39 Å². The summed E-state index contributed by atoms with van der Waals surface area (Å²) in [6.45, 7) is 6.07. The highest BCUT2D eigenvalue weighted by Gasteiger charge is 2.14. The molecule has 0 saturated heterocycles. The molecule has 19 heavy (non-hydrogen) atoms. The molecular weight excluding hydrogens is 241 g/mol. The smallest absolute Gasteiger partial charge is 0.144 e. The molecule has 0 spiro atoms. The third kappa shape index (κ3) is 3.34. The molecule has 0 aliphatic heterocycles. The Labute approximate surface area is 113 Å². The van der Waals surface area contributed by atoms with E-state index in [2.05, 4.69) is 28.8 Å². The fourth-order valence-corrected chi connectivity index (χ4v) is 1.98. The van der Waals surface area contributed by atoms with Gasteiger partial charge in [-0.1, -0.05) is 20.8 Å². The van der Waals surface area contributed by atoms with Gasteiger partial charge in [0.05, 0.1) is 5.69 Å². The van der Waals surface area contributed by atoms with Crippen LogP contribution in [0.5, 0.6) is 0 Å². The van der Waals surface area contributed by atoms with Crippen LogP contribution in [0.4, 0.5) is 4.39 Å². The highest BCUT2D eigenvalue weighted by Crippen LogP contribution is 2.20. The van der Waals surface area contributed by atoms with Gasteiger partial charge in [-0.15, -0.1) is 0 Å². The van der Waals surface area contributed by atoms with Gasteiger partial charge in [-0.25, -0.2) is 14.4 Å². The Kier molecular flexibility index (Phi) is 4.20. The van der Waals surface area contributed by atoms with Crippen LogP contribution in [-0.2, 0) is 6.42 Å². The summed E-state index contributed by atoms with van der Waals surface area (Å²) in [7, 11) is 0. The van der Waals surface area contributed by atoms with Crippen LogP contribution in [0.3, 0.4) is 0 Å². The number of pyridine rings is 1. The fourth-order valence-electron chi connectivity index (χ4n) is 1.98. The average Bonchev–Trinajstić information content (AvgIpc) is 2.39. The Morgan fingerprint density at radius 3 is 2.58 bits per heavy atom. The molecule has 2 heterocycles. The maximum absolute atomic E-state index is 13.7. The van der Waals surface area contributed by atoms with E-state index in [-0.39, 0.29) is 11.7 Å². The van der Waals surface area contributed by atoms with Gasteiger partial charge in [0.15, 0.2) is 0 Å². The van der Waals surface area contributed by atoms with Crippen molar-refractivity contribution < 1.29 is 4.39 Å². The zero-order chi connectivity index (χ0) is 13.8. The van der Waals surface area contributed by atoms with Crippen molar-refractivity contribution in [3.8, 4) is 0 Å². The molecule has 3 nitrogen and oxygen atoms in total. The first-order valence-electron chi connectivity index (χ1n) is 6.50. The molecule has 1 unspecified atom stereocenters. The van der Waals surface area contributed by atoms with E-state index in [1.54, 1.807) is 18.5 Å². The van der Waals surface area contributed by atoms with Crippen molar-refractivity contribution >= 4 is 0 Å².